The number of nitriles is 1. The Morgan fingerprint density at radius 1 is 0.907 bits per heavy atom. The molecule has 1 aliphatic heterocycles. The highest BCUT2D eigenvalue weighted by atomic mass is 32.4. The number of anilines is 1. The number of fused-ring (bicyclic) bond motifs is 1. The number of rotatable bonds is 29. The van der Waals surface area contributed by atoms with Gasteiger partial charge in [-0.15, -0.1) is 0 Å². The highest BCUT2D eigenvalue weighted by molar-refractivity contribution is 8.00. The number of aliphatic hydroxyl groups excluding tert-OH is 2. The normalized spacial score (nSPS) is 21.0. The average Bonchev–Trinajstić information content (AvgIpc) is 3.74. The van der Waals surface area contributed by atoms with E-state index in [2.05, 4.69) is 17.0 Å². The molecule has 1 saturated heterocycles. The third kappa shape index (κ3) is 13.9. The van der Waals surface area contributed by atoms with Gasteiger partial charge in [-0.1, -0.05) is 134 Å². The molecule has 54 heavy (non-hydrogen) atoms. The predicted molar refractivity (Wildman–Crippen MR) is 215 cm³/mol. The van der Waals surface area contributed by atoms with E-state index in [1.807, 2.05) is 36.4 Å². The molecule has 0 amide bonds. The van der Waals surface area contributed by atoms with Gasteiger partial charge >= 0.3 is 0 Å². The second-order valence-electron chi connectivity index (χ2n) is 14.3. The van der Waals surface area contributed by atoms with Gasteiger partial charge in [0.25, 0.3) is 0 Å². The molecular weight excluding hydrogens is 726 g/mol. The first-order valence-electron chi connectivity index (χ1n) is 20.0. The summed E-state index contributed by atoms with van der Waals surface area (Å²) in [4.78, 5) is 3.96. The van der Waals surface area contributed by atoms with Crippen LogP contribution in [0.4, 0.5) is 5.82 Å². The van der Waals surface area contributed by atoms with Crippen molar-refractivity contribution in [1.29, 1.82) is 5.26 Å². The van der Waals surface area contributed by atoms with Crippen molar-refractivity contribution in [3.63, 3.8) is 0 Å². The van der Waals surface area contributed by atoms with Crippen LogP contribution in [0.5, 0.6) is 0 Å². The summed E-state index contributed by atoms with van der Waals surface area (Å²) in [5.74, 6) is 0.199. The van der Waals surface area contributed by atoms with E-state index in [0.29, 0.717) is 25.3 Å². The van der Waals surface area contributed by atoms with Crippen molar-refractivity contribution in [2.24, 2.45) is 0 Å². The van der Waals surface area contributed by atoms with E-state index in [1.165, 1.54) is 101 Å². The Balaban J connectivity index is 1.12. The quantitative estimate of drug-likeness (QED) is 0.0468. The van der Waals surface area contributed by atoms with Crippen LogP contribution >= 0.6 is 7.15 Å². The zero-order chi connectivity index (χ0) is 38.4. The molecule has 0 saturated carbocycles. The number of hydrogen-bond acceptors (Lipinski definition) is 12. The lowest BCUT2D eigenvalue weighted by molar-refractivity contribution is -0.0627. The van der Waals surface area contributed by atoms with Gasteiger partial charge in [-0.05, 0) is 35.9 Å². The molecule has 0 spiro atoms. The van der Waals surface area contributed by atoms with Crippen LogP contribution in [0.1, 0.15) is 121 Å². The maximum absolute atomic E-state index is 11.0. The van der Waals surface area contributed by atoms with Crippen LogP contribution in [0.3, 0.4) is 0 Å². The lowest BCUT2D eigenvalue weighted by Crippen LogP contribution is -2.41. The van der Waals surface area contributed by atoms with Gasteiger partial charge in [0.15, 0.2) is 13.0 Å². The standard InChI is InChI=1S/C40H62N5O7PS/c1-2-3-4-5-6-7-8-9-10-11-12-13-14-15-16-20-25-48-27-33(49-26-32-21-18-17-19-22-32)28-50-53(54)51-29-35-37(46)38(47)40(30-41,52-35)36-24-23-34-39(42)43-31-44-45(34)36/h17-19,21-24,31,33,35,37-38,46-47,53H,2-16,20,25-29H2,1H3,(H2,42,43,44)/t33-,35-,37-,38-,40+/m1/s1. The summed E-state index contributed by atoms with van der Waals surface area (Å²) < 4.78 is 31.2. The molecule has 6 atom stereocenters. The van der Waals surface area contributed by atoms with Crippen LogP contribution in [0.15, 0.2) is 48.8 Å². The van der Waals surface area contributed by atoms with E-state index in [-0.39, 0.29) is 30.8 Å². The topological polar surface area (TPSA) is 167 Å². The smallest absolute Gasteiger partial charge is 0.225 e. The van der Waals surface area contributed by atoms with Crippen LogP contribution in [-0.2, 0) is 47.3 Å². The van der Waals surface area contributed by atoms with Crippen LogP contribution in [0.2, 0.25) is 0 Å². The number of nitrogens with two attached hydrogens (primary N) is 1. The summed E-state index contributed by atoms with van der Waals surface area (Å²) in [7, 11) is -2.24. The van der Waals surface area contributed by atoms with Gasteiger partial charge in [0.05, 0.1) is 32.1 Å². The minimum absolute atomic E-state index is 0.166. The molecule has 4 N–H and O–H groups in total. The molecule has 0 aliphatic carbocycles. The molecule has 12 nitrogen and oxygen atoms in total. The average molecular weight is 788 g/mol. The fourth-order valence-corrected chi connectivity index (χ4v) is 7.92. The maximum atomic E-state index is 11.0. The van der Waals surface area contributed by atoms with E-state index < -0.39 is 31.1 Å². The molecule has 1 unspecified atom stereocenters. The fourth-order valence-electron chi connectivity index (χ4n) is 6.80. The Morgan fingerprint density at radius 2 is 1.54 bits per heavy atom. The van der Waals surface area contributed by atoms with Crippen molar-refractivity contribution < 1.29 is 33.5 Å². The highest BCUT2D eigenvalue weighted by Crippen LogP contribution is 2.41. The van der Waals surface area contributed by atoms with Crippen LogP contribution in [-0.4, -0.2) is 75.7 Å². The van der Waals surface area contributed by atoms with Crippen LogP contribution < -0.4 is 5.73 Å². The van der Waals surface area contributed by atoms with E-state index >= 15 is 0 Å². The second kappa shape index (κ2) is 24.9. The number of hydrogen-bond donors (Lipinski definition) is 3. The molecule has 1 aliphatic rings. The molecule has 1 aromatic carbocycles. The number of nitrogens with zero attached hydrogens (tertiary/aromatic N) is 4. The third-order valence-electron chi connectivity index (χ3n) is 10.0. The molecule has 2 aromatic heterocycles. The van der Waals surface area contributed by atoms with Gasteiger partial charge in [-0.2, -0.15) is 10.4 Å². The van der Waals surface area contributed by atoms with E-state index in [1.54, 1.807) is 12.1 Å². The molecule has 14 heteroatoms. The Morgan fingerprint density at radius 3 is 2.17 bits per heavy atom. The summed E-state index contributed by atoms with van der Waals surface area (Å²) in [6.45, 7) is 3.66. The number of nitrogen functional groups attached to an aromatic ring is 1. The molecule has 1 fully saturated rings. The van der Waals surface area contributed by atoms with E-state index in [9.17, 15) is 15.5 Å². The van der Waals surface area contributed by atoms with Gasteiger partial charge < -0.3 is 39.2 Å². The summed E-state index contributed by atoms with van der Waals surface area (Å²) >= 11 is 5.50. The molecule has 0 bridgehead atoms. The van der Waals surface area contributed by atoms with Crippen molar-refractivity contribution in [2.75, 3.05) is 32.2 Å². The monoisotopic (exact) mass is 787 g/mol. The van der Waals surface area contributed by atoms with Crippen LogP contribution in [0, 0.1) is 11.3 Å². The Kier molecular flexibility index (Phi) is 20.4. The first-order valence-corrected chi connectivity index (χ1v) is 22.4. The number of aliphatic hydroxyl groups is 2. The predicted octanol–water partition coefficient (Wildman–Crippen LogP) is 7.55. The number of unbranched alkanes of at least 4 members (excludes halogenated alkanes) is 15. The lowest BCUT2D eigenvalue weighted by atomic mass is 9.92. The number of ether oxygens (including phenoxy) is 3. The highest BCUT2D eigenvalue weighted by Gasteiger charge is 2.57. The van der Waals surface area contributed by atoms with Gasteiger partial charge in [-0.25, -0.2) is 9.50 Å². The van der Waals surface area contributed by atoms with Gasteiger partial charge in [0.2, 0.25) is 5.60 Å². The molecule has 3 aromatic rings. The van der Waals surface area contributed by atoms with Crippen LogP contribution in [0.25, 0.3) is 5.52 Å². The van der Waals surface area contributed by atoms with Gasteiger partial charge in [0.1, 0.15) is 42.3 Å². The first-order chi connectivity index (χ1) is 26.4. The summed E-state index contributed by atoms with van der Waals surface area (Å²) in [5, 5.41) is 36.2. The Hall–Kier alpha value is -2.50. The summed E-state index contributed by atoms with van der Waals surface area (Å²) in [6, 6.07) is 15.1. The van der Waals surface area contributed by atoms with Gasteiger partial charge in [-0.3, -0.25) is 0 Å². The zero-order valence-corrected chi connectivity index (χ0v) is 33.8. The van der Waals surface area contributed by atoms with Gasteiger partial charge in [0, 0.05) is 6.61 Å². The second-order valence-corrected chi connectivity index (χ2v) is 16.3. The zero-order valence-electron chi connectivity index (χ0n) is 32.0. The summed E-state index contributed by atoms with van der Waals surface area (Å²) in [5.41, 5.74) is 5.71. The van der Waals surface area contributed by atoms with E-state index in [0.717, 1.165) is 18.4 Å². The first kappa shape index (κ1) is 44.2. The Bertz CT molecular complexity index is 1550. The molecule has 0 radical (unpaired) electrons. The minimum Gasteiger partial charge on any atom is -0.387 e. The molecular formula is C40H62N5O7PS. The largest absolute Gasteiger partial charge is 0.387 e. The van der Waals surface area contributed by atoms with Crippen molar-refractivity contribution in [2.45, 2.75) is 146 Å². The maximum Gasteiger partial charge on any atom is 0.225 e. The van der Waals surface area contributed by atoms with E-state index in [4.69, 9.17) is 40.8 Å². The Labute approximate surface area is 327 Å². The number of benzene rings is 1. The SMILES string of the molecule is CCCCCCCCCCCCCCCCCCOC[C@H](CO[PH](=S)OC[C@H]1O[C@@](C#N)(c2ccc3c(N)ncnn23)[C@H](O)[C@@H]1O)OCc1ccccc1. The van der Waals surface area contributed by atoms with Crippen molar-refractivity contribution in [1.82, 2.24) is 14.6 Å². The number of aromatic nitrogens is 3. The summed E-state index contributed by atoms with van der Waals surface area (Å²) in [6.07, 6.45) is 18.0. The third-order valence-corrected chi connectivity index (χ3v) is 11.5. The lowest BCUT2D eigenvalue weighted by Gasteiger charge is -2.24. The molecule has 3 heterocycles. The van der Waals surface area contributed by atoms with Crippen molar-refractivity contribution in [3.05, 3.63) is 60.0 Å². The molecule has 4 rings (SSSR count). The van der Waals surface area contributed by atoms with Crippen molar-refractivity contribution >= 4 is 30.3 Å². The van der Waals surface area contributed by atoms with Crippen molar-refractivity contribution in [3.8, 4) is 6.07 Å². The molecule has 300 valence electrons. The fraction of sp³-hybridized carbons (Fsp3) is 0.675. The minimum atomic E-state index is -2.24.